The normalized spacial score (nSPS) is 13.1. The van der Waals surface area contributed by atoms with E-state index >= 15 is 0 Å². The standard InChI is InChI=1S/C9H6N6O2/c10-9-13-4-1-2-5(15(16)17)7-6(4)8(14-9)12-3-11-7/h1-3H,(H3,10,11,12,13,14). The monoisotopic (exact) mass is 230 g/mol. The highest BCUT2D eigenvalue weighted by molar-refractivity contribution is 6.12. The number of nitrogens with one attached hydrogen (secondary N) is 1. The average Bonchev–Trinajstić information content (AvgIpc) is 2.28. The van der Waals surface area contributed by atoms with Gasteiger partial charge in [0, 0.05) is 6.07 Å². The zero-order valence-corrected chi connectivity index (χ0v) is 8.41. The van der Waals surface area contributed by atoms with Gasteiger partial charge in [-0.15, -0.1) is 0 Å². The van der Waals surface area contributed by atoms with E-state index in [1.54, 1.807) is 6.07 Å². The fraction of sp³-hybridized carbons (Fsp3) is 0. The van der Waals surface area contributed by atoms with Crippen molar-refractivity contribution in [3.05, 3.63) is 28.6 Å². The maximum atomic E-state index is 10.9. The Morgan fingerprint density at radius 3 is 2.94 bits per heavy atom. The van der Waals surface area contributed by atoms with Crippen molar-refractivity contribution in [2.75, 3.05) is 5.32 Å². The average molecular weight is 230 g/mol. The molecule has 3 rings (SSSR count). The molecule has 2 heterocycles. The molecular weight excluding hydrogens is 224 g/mol. The van der Waals surface area contributed by atoms with Crippen molar-refractivity contribution < 1.29 is 4.92 Å². The second-order valence-electron chi connectivity index (χ2n) is 3.43. The first kappa shape index (κ1) is 9.46. The zero-order valence-electron chi connectivity index (χ0n) is 8.41. The maximum Gasteiger partial charge on any atom is 0.295 e. The van der Waals surface area contributed by atoms with E-state index in [1.807, 2.05) is 0 Å². The minimum atomic E-state index is -0.489. The molecule has 1 aromatic heterocycles. The summed E-state index contributed by atoms with van der Waals surface area (Å²) in [6.45, 7) is 0. The summed E-state index contributed by atoms with van der Waals surface area (Å²) in [7, 11) is 0. The van der Waals surface area contributed by atoms with Gasteiger partial charge < -0.3 is 11.1 Å². The largest absolute Gasteiger partial charge is 0.369 e. The van der Waals surface area contributed by atoms with Gasteiger partial charge in [0.15, 0.2) is 17.3 Å². The fourth-order valence-electron chi connectivity index (χ4n) is 1.76. The van der Waals surface area contributed by atoms with Crippen LogP contribution in [0.2, 0.25) is 0 Å². The molecule has 0 bridgehead atoms. The van der Waals surface area contributed by atoms with Crippen molar-refractivity contribution in [2.24, 2.45) is 10.7 Å². The van der Waals surface area contributed by atoms with E-state index in [0.717, 1.165) is 0 Å². The SMILES string of the molecule is NC1=Nc2ncnc3c([N+](=O)[O-])ccc(c23)N1. The number of benzene rings is 1. The molecule has 1 aliphatic rings. The van der Waals surface area contributed by atoms with Gasteiger partial charge in [-0.05, 0) is 6.07 Å². The molecule has 1 aromatic carbocycles. The van der Waals surface area contributed by atoms with Crippen LogP contribution in [0.4, 0.5) is 17.2 Å². The number of non-ortho nitro benzene ring substituents is 1. The van der Waals surface area contributed by atoms with Crippen LogP contribution >= 0.6 is 0 Å². The van der Waals surface area contributed by atoms with Gasteiger partial charge in [-0.1, -0.05) is 0 Å². The van der Waals surface area contributed by atoms with Gasteiger partial charge in [-0.3, -0.25) is 10.1 Å². The van der Waals surface area contributed by atoms with E-state index in [9.17, 15) is 10.1 Å². The predicted molar refractivity (Wildman–Crippen MR) is 61.1 cm³/mol. The number of aromatic nitrogens is 2. The van der Waals surface area contributed by atoms with Crippen molar-refractivity contribution >= 4 is 34.1 Å². The zero-order chi connectivity index (χ0) is 12.0. The minimum absolute atomic E-state index is 0.0788. The topological polar surface area (TPSA) is 119 Å². The summed E-state index contributed by atoms with van der Waals surface area (Å²) in [6, 6.07) is 2.94. The molecule has 8 nitrogen and oxygen atoms in total. The molecular formula is C9H6N6O2. The Balaban J connectivity index is 2.46. The highest BCUT2D eigenvalue weighted by Crippen LogP contribution is 2.36. The van der Waals surface area contributed by atoms with E-state index in [1.165, 1.54) is 12.4 Å². The summed E-state index contributed by atoms with van der Waals surface area (Å²) >= 11 is 0. The van der Waals surface area contributed by atoms with Crippen LogP contribution in [-0.4, -0.2) is 20.9 Å². The number of nitrogens with two attached hydrogens (primary N) is 1. The summed E-state index contributed by atoms with van der Waals surface area (Å²) < 4.78 is 0. The molecule has 0 unspecified atom stereocenters. The molecule has 0 saturated heterocycles. The number of guanidine groups is 1. The molecule has 0 radical (unpaired) electrons. The van der Waals surface area contributed by atoms with Crippen LogP contribution in [0.25, 0.3) is 10.9 Å². The Morgan fingerprint density at radius 1 is 1.35 bits per heavy atom. The Morgan fingerprint density at radius 2 is 2.18 bits per heavy atom. The van der Waals surface area contributed by atoms with Gasteiger partial charge in [0.25, 0.3) is 5.69 Å². The number of hydrogen-bond acceptors (Lipinski definition) is 7. The van der Waals surface area contributed by atoms with E-state index in [2.05, 4.69) is 20.3 Å². The van der Waals surface area contributed by atoms with E-state index in [4.69, 9.17) is 5.73 Å². The number of hydrogen-bond donors (Lipinski definition) is 2. The summed E-state index contributed by atoms with van der Waals surface area (Å²) in [4.78, 5) is 22.2. The van der Waals surface area contributed by atoms with E-state index in [0.29, 0.717) is 16.9 Å². The number of nitro benzene ring substituents is 1. The molecule has 0 spiro atoms. The molecule has 0 amide bonds. The lowest BCUT2D eigenvalue weighted by atomic mass is 10.1. The van der Waals surface area contributed by atoms with Gasteiger partial charge >= 0.3 is 0 Å². The molecule has 2 aromatic rings. The van der Waals surface area contributed by atoms with Crippen LogP contribution in [-0.2, 0) is 0 Å². The van der Waals surface area contributed by atoms with Crippen LogP contribution in [0.3, 0.4) is 0 Å². The molecule has 1 aliphatic heterocycles. The first-order chi connectivity index (χ1) is 8.16. The lowest BCUT2D eigenvalue weighted by Gasteiger charge is -2.14. The van der Waals surface area contributed by atoms with Crippen LogP contribution in [0.15, 0.2) is 23.5 Å². The first-order valence-corrected chi connectivity index (χ1v) is 4.70. The number of nitrogens with zero attached hydrogens (tertiary/aromatic N) is 4. The quantitative estimate of drug-likeness (QED) is 0.555. The molecule has 17 heavy (non-hydrogen) atoms. The third-order valence-corrected chi connectivity index (χ3v) is 2.43. The van der Waals surface area contributed by atoms with Crippen LogP contribution in [0.1, 0.15) is 0 Å². The number of nitro groups is 1. The summed E-state index contributed by atoms with van der Waals surface area (Å²) in [5, 5.41) is 14.2. The van der Waals surface area contributed by atoms with Gasteiger partial charge in [0.2, 0.25) is 0 Å². The third kappa shape index (κ3) is 1.27. The minimum Gasteiger partial charge on any atom is -0.369 e. The van der Waals surface area contributed by atoms with Crippen LogP contribution in [0.5, 0.6) is 0 Å². The van der Waals surface area contributed by atoms with Crippen LogP contribution < -0.4 is 11.1 Å². The second-order valence-corrected chi connectivity index (χ2v) is 3.43. The highest BCUT2D eigenvalue weighted by atomic mass is 16.6. The molecule has 84 valence electrons. The fourth-order valence-corrected chi connectivity index (χ4v) is 1.76. The van der Waals surface area contributed by atoms with E-state index in [-0.39, 0.29) is 17.2 Å². The Bertz CT molecular complexity index is 680. The smallest absolute Gasteiger partial charge is 0.295 e. The lowest BCUT2D eigenvalue weighted by molar-refractivity contribution is -0.383. The summed E-state index contributed by atoms with van der Waals surface area (Å²) in [5.41, 5.74) is 6.36. The molecule has 0 fully saturated rings. The Labute approximate surface area is 94.3 Å². The number of rotatable bonds is 1. The van der Waals surface area contributed by atoms with Gasteiger partial charge in [0.05, 0.1) is 16.0 Å². The molecule has 0 atom stereocenters. The van der Waals surface area contributed by atoms with Gasteiger partial charge in [-0.2, -0.15) is 4.99 Å². The maximum absolute atomic E-state index is 10.9. The molecule has 0 aliphatic carbocycles. The summed E-state index contributed by atoms with van der Waals surface area (Å²) in [5.74, 6) is 0.538. The van der Waals surface area contributed by atoms with Crippen molar-refractivity contribution in [1.29, 1.82) is 0 Å². The Kier molecular flexibility index (Phi) is 1.73. The van der Waals surface area contributed by atoms with Crippen molar-refractivity contribution in [3.63, 3.8) is 0 Å². The lowest BCUT2D eigenvalue weighted by Crippen LogP contribution is -2.24. The number of anilines is 1. The molecule has 0 saturated carbocycles. The van der Waals surface area contributed by atoms with Crippen LogP contribution in [0, 0.1) is 10.1 Å². The number of aliphatic imine (C=N–C) groups is 1. The van der Waals surface area contributed by atoms with Crippen molar-refractivity contribution in [1.82, 2.24) is 9.97 Å². The van der Waals surface area contributed by atoms with Crippen molar-refractivity contribution in [2.45, 2.75) is 0 Å². The van der Waals surface area contributed by atoms with E-state index < -0.39 is 4.92 Å². The Hall–Kier alpha value is -2.77. The third-order valence-electron chi connectivity index (χ3n) is 2.43. The molecule has 8 heteroatoms. The summed E-state index contributed by atoms with van der Waals surface area (Å²) in [6.07, 6.45) is 1.23. The van der Waals surface area contributed by atoms with Gasteiger partial charge in [-0.25, -0.2) is 9.97 Å². The highest BCUT2D eigenvalue weighted by Gasteiger charge is 2.21. The first-order valence-electron chi connectivity index (χ1n) is 4.70. The predicted octanol–water partition coefficient (Wildman–Crippen LogP) is 0.910. The second kappa shape index (κ2) is 3.11. The molecule has 3 N–H and O–H groups in total. The van der Waals surface area contributed by atoms with Crippen molar-refractivity contribution in [3.8, 4) is 0 Å². The van der Waals surface area contributed by atoms with Gasteiger partial charge in [0.1, 0.15) is 6.33 Å².